The zero-order valence-electron chi connectivity index (χ0n) is 10.9. The van der Waals surface area contributed by atoms with Gasteiger partial charge in [-0.2, -0.15) is 0 Å². The fourth-order valence-corrected chi connectivity index (χ4v) is 1.89. The molecule has 108 valence electrons. The van der Waals surface area contributed by atoms with Crippen molar-refractivity contribution in [2.24, 2.45) is 0 Å². The topological polar surface area (TPSA) is 92.2 Å². The lowest BCUT2D eigenvalue weighted by atomic mass is 10.1. The molecular formula is C13H10ClN3O4. The molecular weight excluding hydrogens is 298 g/mol. The van der Waals surface area contributed by atoms with Gasteiger partial charge in [0.2, 0.25) is 0 Å². The van der Waals surface area contributed by atoms with Crippen LogP contribution in [0.3, 0.4) is 0 Å². The maximum Gasteiger partial charge on any atom is 0.360 e. The van der Waals surface area contributed by atoms with E-state index in [1.165, 1.54) is 13.2 Å². The van der Waals surface area contributed by atoms with Crippen molar-refractivity contribution in [2.45, 2.75) is 0 Å². The smallest absolute Gasteiger partial charge is 0.360 e. The lowest BCUT2D eigenvalue weighted by molar-refractivity contribution is -0.668. The molecule has 0 amide bonds. The van der Waals surface area contributed by atoms with E-state index in [-0.39, 0.29) is 10.4 Å². The molecule has 0 fully saturated rings. The molecule has 0 saturated heterocycles. The van der Waals surface area contributed by atoms with Gasteiger partial charge < -0.3 is 9.94 Å². The average molecular weight is 308 g/mol. The predicted octanol–water partition coefficient (Wildman–Crippen LogP) is 2.46. The highest BCUT2D eigenvalue weighted by Crippen LogP contribution is 2.32. The number of methoxy groups -OCH3 is 1. The van der Waals surface area contributed by atoms with Gasteiger partial charge in [0.15, 0.2) is 0 Å². The molecule has 0 N–H and O–H groups in total. The van der Waals surface area contributed by atoms with Crippen molar-refractivity contribution < 1.29 is 14.5 Å². The summed E-state index contributed by atoms with van der Waals surface area (Å²) in [4.78, 5) is 10.5. The summed E-state index contributed by atoms with van der Waals surface area (Å²) in [6, 6.07) is 9.08. The number of hydrogen-bond acceptors (Lipinski definition) is 5. The molecule has 0 aliphatic carbocycles. The molecule has 0 aliphatic heterocycles. The summed E-state index contributed by atoms with van der Waals surface area (Å²) in [7, 11) is 1.19. The van der Waals surface area contributed by atoms with Gasteiger partial charge in [0.05, 0.1) is 17.1 Å². The Balaban J connectivity index is 2.58. The van der Waals surface area contributed by atoms with E-state index in [1.807, 2.05) is 18.2 Å². The van der Waals surface area contributed by atoms with Crippen LogP contribution in [0.1, 0.15) is 11.1 Å². The fourth-order valence-electron chi connectivity index (χ4n) is 1.70. The number of halogens is 1. The molecule has 0 spiro atoms. The first kappa shape index (κ1) is 14.7. The van der Waals surface area contributed by atoms with Crippen LogP contribution in [0, 0.1) is 15.3 Å². The molecule has 8 heteroatoms. The van der Waals surface area contributed by atoms with Crippen LogP contribution in [0.4, 0.5) is 5.69 Å². The van der Waals surface area contributed by atoms with Crippen molar-refractivity contribution in [3.05, 3.63) is 61.9 Å². The lowest BCUT2D eigenvalue weighted by Gasteiger charge is -2.04. The average Bonchev–Trinajstić information content (AvgIpc) is 2.48. The molecule has 7 nitrogen and oxygen atoms in total. The molecule has 1 aromatic carbocycles. The van der Waals surface area contributed by atoms with Crippen LogP contribution in [0.15, 0.2) is 30.3 Å². The number of nitro groups is 1. The Morgan fingerprint density at radius 2 is 2.00 bits per heavy atom. The standard InChI is InChI=1S/C13H10ClN3O4/c1-21-13-11(17(19)20)10(12(14)16(18)15-13)8-7-9-5-3-2-4-6-9/h2-8H,1H3. The number of aromatic nitrogens is 2. The second-order valence-corrected chi connectivity index (χ2v) is 4.29. The normalized spacial score (nSPS) is 10.8. The third-order valence-electron chi connectivity index (χ3n) is 2.65. The van der Waals surface area contributed by atoms with Gasteiger partial charge in [-0.05, 0) is 28.1 Å². The Kier molecular flexibility index (Phi) is 4.34. The molecule has 0 radical (unpaired) electrons. The molecule has 21 heavy (non-hydrogen) atoms. The van der Waals surface area contributed by atoms with Crippen LogP contribution < -0.4 is 9.58 Å². The summed E-state index contributed by atoms with van der Waals surface area (Å²) in [6.07, 6.45) is 2.99. The number of ether oxygens (including phenoxy) is 1. The van der Waals surface area contributed by atoms with Gasteiger partial charge in [-0.25, -0.2) is 0 Å². The van der Waals surface area contributed by atoms with Crippen LogP contribution in [0.5, 0.6) is 5.88 Å². The summed E-state index contributed by atoms with van der Waals surface area (Å²) >= 11 is 5.81. The van der Waals surface area contributed by atoms with Gasteiger partial charge in [-0.3, -0.25) is 10.1 Å². The highest BCUT2D eigenvalue weighted by atomic mass is 35.5. The molecule has 0 bridgehead atoms. The number of rotatable bonds is 4. The second kappa shape index (κ2) is 6.19. The van der Waals surface area contributed by atoms with E-state index in [0.717, 1.165) is 5.56 Å². The largest absolute Gasteiger partial charge is 0.593 e. The summed E-state index contributed by atoms with van der Waals surface area (Å²) in [5.74, 6) is -0.396. The van der Waals surface area contributed by atoms with Crippen molar-refractivity contribution in [1.29, 1.82) is 0 Å². The Bertz CT molecular complexity index is 704. The number of benzene rings is 1. The quantitative estimate of drug-likeness (QED) is 0.374. The first-order valence-corrected chi connectivity index (χ1v) is 6.17. The Hall–Kier alpha value is -2.67. The first-order valence-electron chi connectivity index (χ1n) is 5.79. The Morgan fingerprint density at radius 3 is 2.57 bits per heavy atom. The van der Waals surface area contributed by atoms with E-state index in [9.17, 15) is 15.3 Å². The maximum absolute atomic E-state index is 11.5. The summed E-state index contributed by atoms with van der Waals surface area (Å²) < 4.78 is 4.77. The molecule has 0 unspecified atom stereocenters. The van der Waals surface area contributed by atoms with Crippen molar-refractivity contribution >= 4 is 29.4 Å². The van der Waals surface area contributed by atoms with Gasteiger partial charge in [0, 0.05) is 0 Å². The monoisotopic (exact) mass is 307 g/mol. The van der Waals surface area contributed by atoms with E-state index in [4.69, 9.17) is 16.3 Å². The third kappa shape index (κ3) is 3.09. The zero-order chi connectivity index (χ0) is 15.4. The minimum atomic E-state index is -0.692. The van der Waals surface area contributed by atoms with Crippen LogP contribution in [-0.2, 0) is 0 Å². The van der Waals surface area contributed by atoms with E-state index in [2.05, 4.69) is 5.10 Å². The van der Waals surface area contributed by atoms with Crippen molar-refractivity contribution in [3.63, 3.8) is 0 Å². The van der Waals surface area contributed by atoms with Gasteiger partial charge in [0.25, 0.3) is 0 Å². The van der Waals surface area contributed by atoms with E-state index in [0.29, 0.717) is 0 Å². The minimum Gasteiger partial charge on any atom is -0.593 e. The van der Waals surface area contributed by atoms with Crippen molar-refractivity contribution in [1.82, 2.24) is 5.10 Å². The van der Waals surface area contributed by atoms with Crippen LogP contribution in [0.2, 0.25) is 5.15 Å². The van der Waals surface area contributed by atoms with Crippen molar-refractivity contribution in [3.8, 4) is 5.88 Å². The highest BCUT2D eigenvalue weighted by molar-refractivity contribution is 6.30. The SMILES string of the molecule is COc1n[n+]([O-])c(Cl)c(C=Cc2ccccc2)c1[N+](=O)[O-]. The molecule has 0 saturated carbocycles. The predicted molar refractivity (Wildman–Crippen MR) is 76.8 cm³/mol. The van der Waals surface area contributed by atoms with Crippen molar-refractivity contribution in [2.75, 3.05) is 7.11 Å². The third-order valence-corrected chi connectivity index (χ3v) is 3.00. The Morgan fingerprint density at radius 1 is 1.33 bits per heavy atom. The van der Waals surface area contributed by atoms with Gasteiger partial charge in [-0.1, -0.05) is 36.4 Å². The fraction of sp³-hybridized carbons (Fsp3) is 0.0769. The van der Waals surface area contributed by atoms with Gasteiger partial charge >= 0.3 is 16.7 Å². The summed E-state index contributed by atoms with van der Waals surface area (Å²) in [5.41, 5.74) is 0.283. The minimum absolute atomic E-state index is 0.0626. The van der Waals surface area contributed by atoms with Gasteiger partial charge in [0.1, 0.15) is 5.56 Å². The van der Waals surface area contributed by atoms with E-state index < -0.39 is 21.6 Å². The molecule has 0 aliphatic rings. The number of hydrogen-bond donors (Lipinski definition) is 0. The molecule has 2 aromatic rings. The van der Waals surface area contributed by atoms with Crippen LogP contribution >= 0.6 is 11.6 Å². The molecule has 1 aromatic heterocycles. The van der Waals surface area contributed by atoms with E-state index >= 15 is 0 Å². The van der Waals surface area contributed by atoms with Crippen LogP contribution in [-0.4, -0.2) is 17.1 Å². The molecule has 2 rings (SSSR count). The number of nitrogens with zero attached hydrogens (tertiary/aromatic N) is 3. The summed E-state index contributed by atoms with van der Waals surface area (Å²) in [5, 5.41) is 25.7. The molecule has 0 atom stereocenters. The lowest BCUT2D eigenvalue weighted by Crippen LogP contribution is -2.34. The van der Waals surface area contributed by atoms with E-state index in [1.54, 1.807) is 18.2 Å². The second-order valence-electron chi connectivity index (χ2n) is 3.94. The maximum atomic E-state index is 11.5. The first-order chi connectivity index (χ1) is 10.0. The zero-order valence-corrected chi connectivity index (χ0v) is 11.6. The summed E-state index contributed by atoms with van der Waals surface area (Å²) in [6.45, 7) is 0. The highest BCUT2D eigenvalue weighted by Gasteiger charge is 2.30. The Labute approximate surface area is 124 Å². The van der Waals surface area contributed by atoms with Crippen LogP contribution in [0.25, 0.3) is 12.2 Å². The molecule has 1 heterocycles. The van der Waals surface area contributed by atoms with Gasteiger partial charge in [-0.15, -0.1) is 0 Å².